The quantitative estimate of drug-likeness (QED) is 0.556. The Bertz CT molecular complexity index is 413. The lowest BCUT2D eigenvalue weighted by molar-refractivity contribution is 0.244. The van der Waals surface area contributed by atoms with Gasteiger partial charge >= 0.3 is 0 Å². The fourth-order valence-electron chi connectivity index (χ4n) is 3.52. The lowest BCUT2D eigenvalue weighted by atomic mass is 9.78. The van der Waals surface area contributed by atoms with Gasteiger partial charge in [0.25, 0.3) is 0 Å². The Morgan fingerprint density at radius 3 is 2.57 bits per heavy atom. The Morgan fingerprint density at radius 2 is 2.00 bits per heavy atom. The Morgan fingerprint density at radius 1 is 1.29 bits per heavy atom. The number of halogens is 1. The molecule has 1 aromatic heterocycles. The molecule has 120 valence electrons. The van der Waals surface area contributed by atoms with Gasteiger partial charge in [0.15, 0.2) is 0 Å². The van der Waals surface area contributed by atoms with Crippen LogP contribution in [0.5, 0.6) is 0 Å². The molecule has 1 nitrogen and oxygen atoms in total. The van der Waals surface area contributed by atoms with Gasteiger partial charge in [0.05, 0.1) is 0 Å². The molecule has 1 aliphatic rings. The first kappa shape index (κ1) is 17.5. The van der Waals surface area contributed by atoms with E-state index in [2.05, 4.69) is 48.1 Å². The lowest BCUT2D eigenvalue weighted by Gasteiger charge is -2.29. The van der Waals surface area contributed by atoms with Crippen molar-refractivity contribution in [3.63, 3.8) is 0 Å². The van der Waals surface area contributed by atoms with Crippen LogP contribution >= 0.6 is 27.3 Å². The van der Waals surface area contributed by atoms with Gasteiger partial charge < -0.3 is 5.32 Å². The minimum absolute atomic E-state index is 0.619. The van der Waals surface area contributed by atoms with Crippen LogP contribution in [0.4, 0.5) is 0 Å². The standard InChI is InChI=1S/C18H30BrNS/c1-14(2)13-20-11-10-18(7-4-5-8-18)9-6-16-12-17(19)15(3)21-16/h12,14,20H,4-11,13H2,1-3H3. The van der Waals surface area contributed by atoms with E-state index in [9.17, 15) is 0 Å². The van der Waals surface area contributed by atoms with Crippen LogP contribution in [0.1, 0.15) is 62.1 Å². The molecule has 0 spiro atoms. The highest BCUT2D eigenvalue weighted by molar-refractivity contribution is 9.10. The Balaban J connectivity index is 1.83. The molecule has 0 amide bonds. The fourth-order valence-corrected chi connectivity index (χ4v) is 5.12. The van der Waals surface area contributed by atoms with Gasteiger partial charge in [0, 0.05) is 14.2 Å². The van der Waals surface area contributed by atoms with Crippen LogP contribution in [-0.4, -0.2) is 13.1 Å². The largest absolute Gasteiger partial charge is 0.316 e. The Hall–Kier alpha value is 0.140. The predicted molar refractivity (Wildman–Crippen MR) is 98.3 cm³/mol. The second kappa shape index (κ2) is 8.12. The molecule has 0 bridgehead atoms. The zero-order chi connectivity index (χ0) is 15.3. The molecule has 0 atom stereocenters. The smallest absolute Gasteiger partial charge is 0.0314 e. The van der Waals surface area contributed by atoms with Gasteiger partial charge in [-0.05, 0) is 85.4 Å². The maximum atomic E-state index is 3.65. The summed E-state index contributed by atoms with van der Waals surface area (Å²) in [5.41, 5.74) is 0.619. The zero-order valence-corrected chi connectivity index (χ0v) is 16.2. The topological polar surface area (TPSA) is 12.0 Å². The van der Waals surface area contributed by atoms with E-state index in [1.165, 1.54) is 60.8 Å². The van der Waals surface area contributed by atoms with Gasteiger partial charge in [0.2, 0.25) is 0 Å². The molecule has 1 heterocycles. The average Bonchev–Trinajstić information content (AvgIpc) is 3.01. The third-order valence-corrected chi connectivity index (χ3v) is 7.06. The van der Waals surface area contributed by atoms with E-state index >= 15 is 0 Å². The average molecular weight is 372 g/mol. The van der Waals surface area contributed by atoms with E-state index in [0.717, 1.165) is 12.5 Å². The number of thiophene rings is 1. The van der Waals surface area contributed by atoms with Crippen molar-refractivity contribution in [1.82, 2.24) is 5.32 Å². The second-order valence-electron chi connectivity index (χ2n) is 7.17. The monoisotopic (exact) mass is 371 g/mol. The third-order valence-electron chi connectivity index (χ3n) is 4.86. The van der Waals surface area contributed by atoms with E-state index in [1.54, 1.807) is 4.88 Å². The van der Waals surface area contributed by atoms with Crippen molar-refractivity contribution >= 4 is 27.3 Å². The Labute approximate surface area is 143 Å². The number of hydrogen-bond donors (Lipinski definition) is 1. The summed E-state index contributed by atoms with van der Waals surface area (Å²) in [4.78, 5) is 2.98. The first-order chi connectivity index (χ1) is 10.0. The number of aryl methyl sites for hydroxylation is 2. The molecule has 2 rings (SSSR count). The maximum Gasteiger partial charge on any atom is 0.0314 e. The minimum atomic E-state index is 0.619. The van der Waals surface area contributed by atoms with Crippen LogP contribution in [-0.2, 0) is 6.42 Å². The summed E-state index contributed by atoms with van der Waals surface area (Å²) in [6.45, 7) is 9.14. The van der Waals surface area contributed by atoms with Gasteiger partial charge in [-0.2, -0.15) is 0 Å². The van der Waals surface area contributed by atoms with Gasteiger partial charge in [0.1, 0.15) is 0 Å². The molecule has 0 unspecified atom stereocenters. The summed E-state index contributed by atoms with van der Waals surface area (Å²) < 4.78 is 1.29. The highest BCUT2D eigenvalue weighted by Gasteiger charge is 2.32. The predicted octanol–water partition coefficient (Wildman–Crippen LogP) is 5.95. The van der Waals surface area contributed by atoms with Crippen LogP contribution in [0.2, 0.25) is 0 Å². The number of rotatable bonds is 8. The molecular weight excluding hydrogens is 342 g/mol. The number of hydrogen-bond acceptors (Lipinski definition) is 2. The summed E-state index contributed by atoms with van der Waals surface area (Å²) in [7, 11) is 0. The van der Waals surface area contributed by atoms with Crippen molar-refractivity contribution in [2.24, 2.45) is 11.3 Å². The van der Waals surface area contributed by atoms with Crippen molar-refractivity contribution in [1.29, 1.82) is 0 Å². The minimum Gasteiger partial charge on any atom is -0.316 e. The van der Waals surface area contributed by atoms with Gasteiger partial charge in [-0.1, -0.05) is 26.7 Å². The molecule has 0 aliphatic heterocycles. The normalized spacial score (nSPS) is 17.8. The zero-order valence-electron chi connectivity index (χ0n) is 13.8. The van der Waals surface area contributed by atoms with Crippen LogP contribution in [0.25, 0.3) is 0 Å². The summed E-state index contributed by atoms with van der Waals surface area (Å²) in [6.07, 6.45) is 9.79. The highest BCUT2D eigenvalue weighted by atomic mass is 79.9. The molecule has 0 saturated heterocycles. The highest BCUT2D eigenvalue weighted by Crippen LogP contribution is 2.45. The lowest BCUT2D eigenvalue weighted by Crippen LogP contribution is -2.27. The van der Waals surface area contributed by atoms with Crippen LogP contribution < -0.4 is 5.32 Å². The second-order valence-corrected chi connectivity index (χ2v) is 9.37. The molecule has 1 fully saturated rings. The van der Waals surface area contributed by atoms with Gasteiger partial charge in [-0.15, -0.1) is 11.3 Å². The Kier molecular flexibility index (Phi) is 6.77. The van der Waals surface area contributed by atoms with E-state index in [4.69, 9.17) is 0 Å². The van der Waals surface area contributed by atoms with Gasteiger partial charge in [-0.25, -0.2) is 0 Å². The summed E-state index contributed by atoms with van der Waals surface area (Å²) in [6, 6.07) is 2.33. The molecule has 0 radical (unpaired) electrons. The van der Waals surface area contributed by atoms with Crippen LogP contribution in [0.15, 0.2) is 10.5 Å². The molecule has 1 aliphatic carbocycles. The van der Waals surface area contributed by atoms with Crippen molar-refractivity contribution in [3.8, 4) is 0 Å². The summed E-state index contributed by atoms with van der Waals surface area (Å²) >= 11 is 5.61. The van der Waals surface area contributed by atoms with E-state index < -0.39 is 0 Å². The van der Waals surface area contributed by atoms with E-state index in [0.29, 0.717) is 5.41 Å². The van der Waals surface area contributed by atoms with Crippen LogP contribution in [0, 0.1) is 18.3 Å². The molecule has 1 saturated carbocycles. The SMILES string of the molecule is Cc1sc(CCC2(CCNCC(C)C)CCCC2)cc1Br. The molecule has 1 aromatic rings. The summed E-state index contributed by atoms with van der Waals surface area (Å²) in [5, 5.41) is 3.64. The molecule has 3 heteroatoms. The molecule has 1 N–H and O–H groups in total. The van der Waals surface area contributed by atoms with Crippen molar-refractivity contribution in [2.75, 3.05) is 13.1 Å². The third kappa shape index (κ3) is 5.37. The maximum absolute atomic E-state index is 3.65. The van der Waals surface area contributed by atoms with Crippen molar-refractivity contribution in [3.05, 3.63) is 20.3 Å². The van der Waals surface area contributed by atoms with Crippen LogP contribution in [0.3, 0.4) is 0 Å². The van der Waals surface area contributed by atoms with Crippen molar-refractivity contribution in [2.45, 2.75) is 65.7 Å². The molecule has 0 aromatic carbocycles. The molecular formula is C18H30BrNS. The van der Waals surface area contributed by atoms with Gasteiger partial charge in [-0.3, -0.25) is 0 Å². The molecule has 21 heavy (non-hydrogen) atoms. The fraction of sp³-hybridized carbons (Fsp3) is 0.778. The van der Waals surface area contributed by atoms with E-state index in [1.807, 2.05) is 11.3 Å². The first-order valence-electron chi connectivity index (χ1n) is 8.46. The summed E-state index contributed by atoms with van der Waals surface area (Å²) in [5.74, 6) is 0.760. The van der Waals surface area contributed by atoms with Crippen molar-refractivity contribution < 1.29 is 0 Å². The van der Waals surface area contributed by atoms with E-state index in [-0.39, 0.29) is 0 Å². The first-order valence-corrected chi connectivity index (χ1v) is 10.1. The number of nitrogens with one attached hydrogen (secondary N) is 1.